The van der Waals surface area contributed by atoms with Gasteiger partial charge < -0.3 is 10.6 Å². The Balaban J connectivity index is 2.33. The predicted molar refractivity (Wildman–Crippen MR) is 69.9 cm³/mol. The fraction of sp³-hybridized carbons (Fsp3) is 0.667. The number of hydrogen-bond acceptors (Lipinski definition) is 4. The number of aryl methyl sites for hydroxylation is 1. The SMILES string of the molecule is CCN(CC)CCCCn1ccc(N)nc1=O. The van der Waals surface area contributed by atoms with E-state index < -0.39 is 0 Å². The molecule has 2 N–H and O–H groups in total. The van der Waals surface area contributed by atoms with Crippen molar-refractivity contribution in [3.05, 3.63) is 22.7 Å². The first kappa shape index (κ1) is 13.7. The average molecular weight is 238 g/mol. The molecule has 0 aromatic carbocycles. The molecule has 0 saturated carbocycles. The summed E-state index contributed by atoms with van der Waals surface area (Å²) in [7, 11) is 0. The highest BCUT2D eigenvalue weighted by Crippen LogP contribution is 1.98. The van der Waals surface area contributed by atoms with Crippen LogP contribution >= 0.6 is 0 Å². The van der Waals surface area contributed by atoms with Gasteiger partial charge in [0.15, 0.2) is 0 Å². The van der Waals surface area contributed by atoms with Crippen LogP contribution in [0.15, 0.2) is 17.1 Å². The summed E-state index contributed by atoms with van der Waals surface area (Å²) in [5.41, 5.74) is 5.17. The Kier molecular flexibility index (Phi) is 5.69. The molecule has 0 spiro atoms. The highest BCUT2D eigenvalue weighted by molar-refractivity contribution is 5.23. The average Bonchev–Trinajstić information content (AvgIpc) is 2.32. The Morgan fingerprint density at radius 2 is 2.06 bits per heavy atom. The smallest absolute Gasteiger partial charge is 0.349 e. The minimum absolute atomic E-state index is 0.257. The van der Waals surface area contributed by atoms with Crippen molar-refractivity contribution in [2.75, 3.05) is 25.4 Å². The number of hydrogen-bond donors (Lipinski definition) is 1. The second-order valence-electron chi connectivity index (χ2n) is 4.06. The molecule has 17 heavy (non-hydrogen) atoms. The summed E-state index contributed by atoms with van der Waals surface area (Å²) in [6.07, 6.45) is 3.79. The first-order valence-corrected chi connectivity index (χ1v) is 6.22. The lowest BCUT2D eigenvalue weighted by Gasteiger charge is -2.17. The highest BCUT2D eigenvalue weighted by Gasteiger charge is 2.00. The minimum Gasteiger partial charge on any atom is -0.383 e. The molecule has 96 valence electrons. The molecular weight excluding hydrogens is 216 g/mol. The van der Waals surface area contributed by atoms with Crippen LogP contribution < -0.4 is 11.4 Å². The minimum atomic E-state index is -0.257. The van der Waals surface area contributed by atoms with E-state index >= 15 is 0 Å². The molecule has 0 saturated heterocycles. The van der Waals surface area contributed by atoms with Gasteiger partial charge in [0.2, 0.25) is 0 Å². The summed E-state index contributed by atoms with van der Waals surface area (Å²) in [6.45, 7) is 8.30. The van der Waals surface area contributed by atoms with E-state index in [0.717, 1.165) is 32.5 Å². The Labute approximate surface area is 102 Å². The summed E-state index contributed by atoms with van der Waals surface area (Å²) in [5.74, 6) is 0.286. The molecule has 0 unspecified atom stereocenters. The lowest BCUT2D eigenvalue weighted by atomic mass is 10.3. The van der Waals surface area contributed by atoms with Crippen molar-refractivity contribution in [1.29, 1.82) is 0 Å². The van der Waals surface area contributed by atoms with Crippen molar-refractivity contribution in [3.63, 3.8) is 0 Å². The van der Waals surface area contributed by atoms with Crippen LogP contribution in [-0.2, 0) is 6.54 Å². The van der Waals surface area contributed by atoms with Gasteiger partial charge in [0.1, 0.15) is 5.82 Å². The number of unbranched alkanes of at least 4 members (excludes halogenated alkanes) is 1. The third-order valence-electron chi connectivity index (χ3n) is 2.91. The second-order valence-corrected chi connectivity index (χ2v) is 4.06. The number of anilines is 1. The van der Waals surface area contributed by atoms with Crippen molar-refractivity contribution in [1.82, 2.24) is 14.5 Å². The van der Waals surface area contributed by atoms with E-state index in [2.05, 4.69) is 23.7 Å². The van der Waals surface area contributed by atoms with E-state index in [1.807, 2.05) is 0 Å². The topological polar surface area (TPSA) is 64.2 Å². The molecule has 5 nitrogen and oxygen atoms in total. The zero-order valence-electron chi connectivity index (χ0n) is 10.7. The van der Waals surface area contributed by atoms with Crippen LogP contribution in [0, 0.1) is 0 Å². The number of nitrogens with two attached hydrogens (primary N) is 1. The summed E-state index contributed by atoms with van der Waals surface area (Å²) in [6, 6.07) is 1.66. The van der Waals surface area contributed by atoms with E-state index in [-0.39, 0.29) is 11.5 Å². The molecule has 0 radical (unpaired) electrons. The first-order chi connectivity index (χ1) is 8.17. The van der Waals surface area contributed by atoms with Crippen LogP contribution in [0.2, 0.25) is 0 Å². The molecule has 0 atom stereocenters. The summed E-state index contributed by atoms with van der Waals surface area (Å²) in [4.78, 5) is 17.5. The summed E-state index contributed by atoms with van der Waals surface area (Å²) in [5, 5.41) is 0. The van der Waals surface area contributed by atoms with Crippen LogP contribution in [0.3, 0.4) is 0 Å². The molecule has 0 aliphatic rings. The Hall–Kier alpha value is -1.36. The van der Waals surface area contributed by atoms with Crippen molar-refractivity contribution in [3.8, 4) is 0 Å². The molecule has 0 bridgehead atoms. The molecule has 1 aromatic rings. The molecule has 0 fully saturated rings. The third kappa shape index (κ3) is 4.56. The van der Waals surface area contributed by atoms with Gasteiger partial charge in [-0.25, -0.2) is 4.79 Å². The van der Waals surface area contributed by atoms with Crippen molar-refractivity contribution < 1.29 is 0 Å². The van der Waals surface area contributed by atoms with Crippen LogP contribution in [-0.4, -0.2) is 34.1 Å². The number of rotatable bonds is 7. The largest absolute Gasteiger partial charge is 0.383 e. The van der Waals surface area contributed by atoms with Gasteiger partial charge >= 0.3 is 5.69 Å². The van der Waals surface area contributed by atoms with E-state index in [9.17, 15) is 4.79 Å². The predicted octanol–water partition coefficient (Wildman–Crippen LogP) is 0.948. The van der Waals surface area contributed by atoms with Crippen LogP contribution in [0.4, 0.5) is 5.82 Å². The van der Waals surface area contributed by atoms with Gasteiger partial charge in [-0.05, 0) is 38.5 Å². The Morgan fingerprint density at radius 3 is 2.65 bits per heavy atom. The number of nitrogen functional groups attached to an aromatic ring is 1. The molecule has 5 heteroatoms. The molecule has 1 heterocycles. The molecular formula is C12H22N4O. The van der Waals surface area contributed by atoms with Crippen molar-refractivity contribution in [2.24, 2.45) is 0 Å². The Morgan fingerprint density at radius 1 is 1.35 bits per heavy atom. The normalized spacial score (nSPS) is 11.0. The fourth-order valence-electron chi connectivity index (χ4n) is 1.77. The number of nitrogens with zero attached hydrogens (tertiary/aromatic N) is 3. The van der Waals surface area contributed by atoms with Crippen LogP contribution in [0.1, 0.15) is 26.7 Å². The molecule has 0 amide bonds. The van der Waals surface area contributed by atoms with Crippen molar-refractivity contribution >= 4 is 5.82 Å². The van der Waals surface area contributed by atoms with Gasteiger partial charge in [0.25, 0.3) is 0 Å². The molecule has 0 aliphatic carbocycles. The molecule has 1 aromatic heterocycles. The summed E-state index contributed by atoms with van der Waals surface area (Å²) < 4.78 is 1.61. The fourth-order valence-corrected chi connectivity index (χ4v) is 1.77. The molecule has 0 aliphatic heterocycles. The summed E-state index contributed by atoms with van der Waals surface area (Å²) >= 11 is 0. The zero-order chi connectivity index (χ0) is 12.7. The van der Waals surface area contributed by atoms with Crippen LogP contribution in [0.25, 0.3) is 0 Å². The van der Waals surface area contributed by atoms with Crippen LogP contribution in [0.5, 0.6) is 0 Å². The van der Waals surface area contributed by atoms with Gasteiger partial charge in [-0.2, -0.15) is 4.98 Å². The highest BCUT2D eigenvalue weighted by atomic mass is 16.1. The second kappa shape index (κ2) is 7.06. The maximum atomic E-state index is 11.4. The first-order valence-electron chi connectivity index (χ1n) is 6.22. The van der Waals surface area contributed by atoms with Gasteiger partial charge in [-0.15, -0.1) is 0 Å². The van der Waals surface area contributed by atoms with E-state index in [0.29, 0.717) is 6.54 Å². The van der Waals surface area contributed by atoms with Gasteiger partial charge in [-0.3, -0.25) is 4.57 Å². The van der Waals surface area contributed by atoms with E-state index in [4.69, 9.17) is 5.73 Å². The van der Waals surface area contributed by atoms with Crippen molar-refractivity contribution in [2.45, 2.75) is 33.2 Å². The lowest BCUT2D eigenvalue weighted by molar-refractivity contribution is 0.294. The number of aromatic nitrogens is 2. The van der Waals surface area contributed by atoms with Gasteiger partial charge in [0, 0.05) is 12.7 Å². The zero-order valence-corrected chi connectivity index (χ0v) is 10.7. The molecule has 1 rings (SSSR count). The maximum Gasteiger partial charge on any atom is 0.349 e. The van der Waals surface area contributed by atoms with Gasteiger partial charge in [0.05, 0.1) is 0 Å². The quantitative estimate of drug-likeness (QED) is 0.718. The maximum absolute atomic E-state index is 11.4. The van der Waals surface area contributed by atoms with E-state index in [1.54, 1.807) is 16.8 Å². The lowest BCUT2D eigenvalue weighted by Crippen LogP contribution is -2.26. The van der Waals surface area contributed by atoms with Gasteiger partial charge in [-0.1, -0.05) is 13.8 Å². The van der Waals surface area contributed by atoms with E-state index in [1.165, 1.54) is 0 Å². The third-order valence-corrected chi connectivity index (χ3v) is 2.91. The Bertz CT molecular complexity index is 384. The monoisotopic (exact) mass is 238 g/mol. The standard InChI is InChI=1S/C12H22N4O/c1-3-15(4-2)8-5-6-9-16-10-7-11(13)14-12(16)17/h7,10H,3-6,8-9H2,1-2H3,(H2,13,14,17).